The van der Waals surface area contributed by atoms with Crippen LogP contribution >= 0.6 is 0 Å². The number of pyridine rings is 1. The van der Waals surface area contributed by atoms with Gasteiger partial charge in [0.1, 0.15) is 11.4 Å². The maximum absolute atomic E-state index is 13.7. The van der Waals surface area contributed by atoms with Gasteiger partial charge in [-0.3, -0.25) is 0 Å². The van der Waals surface area contributed by atoms with Crippen molar-refractivity contribution >= 4 is 22.7 Å². The van der Waals surface area contributed by atoms with Crippen LogP contribution in [0.4, 0.5) is 9.18 Å². The Bertz CT molecular complexity index is 1340. The molecular formula is C28H33FN4O4. The Kier molecular flexibility index (Phi) is 6.76. The van der Waals surface area contributed by atoms with Gasteiger partial charge >= 0.3 is 6.09 Å². The number of benzene rings is 1. The summed E-state index contributed by atoms with van der Waals surface area (Å²) in [6.45, 7) is 6.49. The molecule has 3 heterocycles. The number of rotatable bonds is 5. The van der Waals surface area contributed by atoms with Gasteiger partial charge in [-0.05, 0) is 81.5 Å². The highest BCUT2D eigenvalue weighted by Crippen LogP contribution is 2.43. The standard InChI is InChI=1S/C28H33FN4O4/c1-28(2,3)37-27(35)32-14-12-17(13-15-32)21-16-22(26(34)36-4)30-25-23(21)24(18-6-5-7-18)31-33(25)20-10-8-19(29)9-11-20/h8-12,16,18,26,34H,5-7,13-15H2,1-4H3. The van der Waals surface area contributed by atoms with E-state index in [1.807, 2.05) is 32.9 Å². The Morgan fingerprint density at radius 3 is 2.51 bits per heavy atom. The molecule has 2 aliphatic rings. The summed E-state index contributed by atoms with van der Waals surface area (Å²) in [6.07, 6.45) is 4.34. The molecule has 5 rings (SSSR count). The molecule has 9 heteroatoms. The van der Waals surface area contributed by atoms with Gasteiger partial charge in [0, 0.05) is 26.1 Å². The number of hydrogen-bond donors (Lipinski definition) is 1. The summed E-state index contributed by atoms with van der Waals surface area (Å²) >= 11 is 0. The highest BCUT2D eigenvalue weighted by atomic mass is 19.1. The van der Waals surface area contributed by atoms with Crippen LogP contribution in [0.5, 0.6) is 0 Å². The topological polar surface area (TPSA) is 89.7 Å². The van der Waals surface area contributed by atoms with Crippen LogP contribution in [0.3, 0.4) is 0 Å². The van der Waals surface area contributed by atoms with Crippen molar-refractivity contribution in [3.63, 3.8) is 0 Å². The minimum atomic E-state index is -1.21. The molecule has 0 radical (unpaired) electrons. The predicted octanol–water partition coefficient (Wildman–Crippen LogP) is 5.49. The number of carbonyl (C=O) groups excluding carboxylic acids is 1. The number of halogens is 1. The smallest absolute Gasteiger partial charge is 0.410 e. The van der Waals surface area contributed by atoms with Crippen molar-refractivity contribution < 1.29 is 23.8 Å². The number of methoxy groups -OCH3 is 1. The Morgan fingerprint density at radius 2 is 1.95 bits per heavy atom. The first-order valence-electron chi connectivity index (χ1n) is 12.7. The van der Waals surface area contributed by atoms with Crippen molar-refractivity contribution in [2.24, 2.45) is 0 Å². The molecule has 1 aliphatic heterocycles. The van der Waals surface area contributed by atoms with Gasteiger partial charge in [0.2, 0.25) is 0 Å². The van der Waals surface area contributed by atoms with E-state index in [4.69, 9.17) is 19.6 Å². The Hall–Kier alpha value is -3.30. The minimum Gasteiger partial charge on any atom is -0.444 e. The van der Waals surface area contributed by atoms with Crippen molar-refractivity contribution in [2.75, 3.05) is 20.2 Å². The lowest BCUT2D eigenvalue weighted by Gasteiger charge is -2.30. The third-order valence-corrected chi connectivity index (χ3v) is 6.93. The number of aliphatic hydroxyl groups is 1. The molecule has 1 aliphatic carbocycles. The molecule has 3 aromatic rings. The summed E-state index contributed by atoms with van der Waals surface area (Å²) in [4.78, 5) is 19.1. The number of amides is 1. The molecule has 1 unspecified atom stereocenters. The van der Waals surface area contributed by atoms with Gasteiger partial charge in [-0.15, -0.1) is 0 Å². The predicted molar refractivity (Wildman–Crippen MR) is 138 cm³/mol. The minimum absolute atomic E-state index is 0.311. The average molecular weight is 509 g/mol. The second kappa shape index (κ2) is 9.87. The normalized spacial score (nSPS) is 17.5. The zero-order valence-electron chi connectivity index (χ0n) is 21.7. The molecule has 1 saturated carbocycles. The molecule has 1 fully saturated rings. The van der Waals surface area contributed by atoms with Crippen LogP contribution in [0.15, 0.2) is 36.4 Å². The second-order valence-corrected chi connectivity index (χ2v) is 10.7. The van der Waals surface area contributed by atoms with Crippen LogP contribution in [0.2, 0.25) is 0 Å². The zero-order chi connectivity index (χ0) is 26.3. The maximum atomic E-state index is 13.7. The van der Waals surface area contributed by atoms with Gasteiger partial charge in [-0.1, -0.05) is 12.5 Å². The van der Waals surface area contributed by atoms with Crippen LogP contribution in [0, 0.1) is 5.82 Å². The maximum Gasteiger partial charge on any atom is 0.410 e. The van der Waals surface area contributed by atoms with Crippen LogP contribution in [0.1, 0.15) is 75.6 Å². The number of ether oxygens (including phenoxy) is 2. The van der Waals surface area contributed by atoms with E-state index in [9.17, 15) is 14.3 Å². The quantitative estimate of drug-likeness (QED) is 0.459. The van der Waals surface area contributed by atoms with Crippen molar-refractivity contribution in [3.05, 3.63) is 59.2 Å². The summed E-state index contributed by atoms with van der Waals surface area (Å²) in [7, 11) is 1.42. The van der Waals surface area contributed by atoms with E-state index in [2.05, 4.69) is 0 Å². The number of carbonyl (C=O) groups is 1. The van der Waals surface area contributed by atoms with E-state index in [0.29, 0.717) is 42.5 Å². The zero-order valence-corrected chi connectivity index (χ0v) is 21.7. The third kappa shape index (κ3) is 5.10. The van der Waals surface area contributed by atoms with E-state index in [-0.39, 0.29) is 11.9 Å². The van der Waals surface area contributed by atoms with Crippen LogP contribution < -0.4 is 0 Å². The fraction of sp³-hybridized carbons (Fsp3) is 0.464. The van der Waals surface area contributed by atoms with Gasteiger partial charge in [0.15, 0.2) is 11.9 Å². The van der Waals surface area contributed by atoms with E-state index < -0.39 is 11.9 Å². The highest BCUT2D eigenvalue weighted by molar-refractivity contribution is 5.94. The molecule has 8 nitrogen and oxygen atoms in total. The summed E-state index contributed by atoms with van der Waals surface area (Å²) in [5, 5.41) is 16.5. The fourth-order valence-corrected chi connectivity index (χ4v) is 4.80. The molecule has 1 atom stereocenters. The largest absolute Gasteiger partial charge is 0.444 e. The van der Waals surface area contributed by atoms with Crippen LogP contribution in [-0.2, 0) is 9.47 Å². The van der Waals surface area contributed by atoms with E-state index in [1.165, 1.54) is 19.2 Å². The lowest BCUT2D eigenvalue weighted by Crippen LogP contribution is -2.39. The highest BCUT2D eigenvalue weighted by Gasteiger charge is 2.31. The average Bonchev–Trinajstić information content (AvgIpc) is 3.20. The number of nitrogens with zero attached hydrogens (tertiary/aromatic N) is 4. The molecule has 0 bridgehead atoms. The van der Waals surface area contributed by atoms with Gasteiger partial charge in [0.05, 0.1) is 22.5 Å². The molecular weight excluding hydrogens is 475 g/mol. The molecule has 1 amide bonds. The van der Waals surface area contributed by atoms with Gasteiger partial charge in [0.25, 0.3) is 0 Å². The van der Waals surface area contributed by atoms with Crippen molar-refractivity contribution in [1.82, 2.24) is 19.7 Å². The first-order valence-corrected chi connectivity index (χ1v) is 12.7. The van der Waals surface area contributed by atoms with Crippen molar-refractivity contribution in [1.29, 1.82) is 0 Å². The number of aromatic nitrogens is 3. The van der Waals surface area contributed by atoms with Gasteiger partial charge in [-0.2, -0.15) is 5.10 Å². The Morgan fingerprint density at radius 1 is 1.22 bits per heavy atom. The molecule has 196 valence electrons. The van der Waals surface area contributed by atoms with Crippen molar-refractivity contribution in [2.45, 2.75) is 64.3 Å². The molecule has 37 heavy (non-hydrogen) atoms. The monoisotopic (exact) mass is 508 g/mol. The summed E-state index contributed by atoms with van der Waals surface area (Å²) in [6, 6.07) is 8.01. The SMILES string of the molecule is COC(O)c1cc(C2=CCN(C(=O)OC(C)(C)C)CC2)c2c(C3CCC3)nn(-c3ccc(F)cc3)c2n1. The first-order chi connectivity index (χ1) is 17.6. The van der Waals surface area contributed by atoms with Crippen molar-refractivity contribution in [3.8, 4) is 5.69 Å². The molecule has 0 saturated heterocycles. The first kappa shape index (κ1) is 25.4. The summed E-state index contributed by atoms with van der Waals surface area (Å²) in [5.41, 5.74) is 4.02. The van der Waals surface area contributed by atoms with E-state index in [1.54, 1.807) is 21.7 Å². The Balaban J connectivity index is 1.63. The van der Waals surface area contributed by atoms with Crippen LogP contribution in [-0.4, -0.2) is 56.7 Å². The lowest BCUT2D eigenvalue weighted by atomic mass is 9.81. The number of fused-ring (bicyclic) bond motifs is 1. The molecule has 1 N–H and O–H groups in total. The summed E-state index contributed by atoms with van der Waals surface area (Å²) in [5.74, 6) is -0.0177. The van der Waals surface area contributed by atoms with E-state index >= 15 is 0 Å². The lowest BCUT2D eigenvalue weighted by molar-refractivity contribution is -0.0797. The Labute approximate surface area is 215 Å². The van der Waals surface area contributed by atoms with E-state index in [0.717, 1.165) is 41.5 Å². The fourth-order valence-electron chi connectivity index (χ4n) is 4.80. The van der Waals surface area contributed by atoms with Gasteiger partial charge < -0.3 is 19.5 Å². The number of hydrogen-bond acceptors (Lipinski definition) is 6. The molecule has 0 spiro atoms. The molecule has 2 aromatic heterocycles. The third-order valence-electron chi connectivity index (χ3n) is 6.93. The van der Waals surface area contributed by atoms with Crippen LogP contribution in [0.25, 0.3) is 22.3 Å². The number of aliphatic hydroxyl groups excluding tert-OH is 1. The summed E-state index contributed by atoms with van der Waals surface area (Å²) < 4.78 is 26.1. The second-order valence-electron chi connectivity index (χ2n) is 10.7. The van der Waals surface area contributed by atoms with Gasteiger partial charge in [-0.25, -0.2) is 18.9 Å². The molecule has 1 aromatic carbocycles.